The van der Waals surface area contributed by atoms with E-state index in [0.717, 1.165) is 25.9 Å². The Morgan fingerprint density at radius 3 is 2.24 bits per heavy atom. The molecule has 0 atom stereocenters. The van der Waals surface area contributed by atoms with Crippen LogP contribution in [-0.4, -0.2) is 54.5 Å². The average molecular weight is 294 g/mol. The molecule has 0 bridgehead atoms. The fraction of sp³-hybridized carbons (Fsp3) is 0.786. The monoisotopic (exact) mass is 294 g/mol. The van der Waals surface area contributed by atoms with E-state index in [-0.39, 0.29) is 17.2 Å². The van der Waals surface area contributed by atoms with Crippen LogP contribution in [0.2, 0.25) is 0 Å². The quantitative estimate of drug-likeness (QED) is 0.573. The molecule has 7 nitrogen and oxygen atoms in total. The fourth-order valence-electron chi connectivity index (χ4n) is 3.55. The fourth-order valence-corrected chi connectivity index (χ4v) is 3.55. The van der Waals surface area contributed by atoms with Gasteiger partial charge in [0.2, 0.25) is 5.91 Å². The predicted molar refractivity (Wildman–Crippen MR) is 75.4 cm³/mol. The van der Waals surface area contributed by atoms with Crippen LogP contribution in [0.3, 0.4) is 0 Å². The highest BCUT2D eigenvalue weighted by Gasteiger charge is 2.49. The van der Waals surface area contributed by atoms with E-state index in [9.17, 15) is 14.4 Å². The number of carbonyl (C=O) groups is 3. The first-order valence-electron chi connectivity index (χ1n) is 7.59. The third-order valence-electron chi connectivity index (χ3n) is 5.14. The molecule has 3 rings (SSSR count). The number of likely N-dealkylation sites (tertiary alicyclic amines) is 1. The Kier molecular flexibility index (Phi) is 3.39. The summed E-state index contributed by atoms with van der Waals surface area (Å²) in [5.74, 6) is -0.0729. The third-order valence-corrected chi connectivity index (χ3v) is 5.14. The maximum absolute atomic E-state index is 12.7. The smallest absolute Gasteiger partial charge is 0.322 e. The van der Waals surface area contributed by atoms with Gasteiger partial charge < -0.3 is 15.5 Å². The molecule has 3 fully saturated rings. The first-order valence-corrected chi connectivity index (χ1v) is 7.59. The molecular formula is C14H22N4O3. The van der Waals surface area contributed by atoms with E-state index < -0.39 is 11.6 Å². The number of rotatable bonds is 1. The lowest BCUT2D eigenvalue weighted by molar-refractivity contribution is -0.145. The van der Waals surface area contributed by atoms with Gasteiger partial charge in [-0.2, -0.15) is 0 Å². The Morgan fingerprint density at radius 2 is 1.71 bits per heavy atom. The maximum atomic E-state index is 12.7. The number of urea groups is 1. The van der Waals surface area contributed by atoms with Crippen molar-refractivity contribution in [2.24, 2.45) is 5.41 Å². The number of nitrogens with one attached hydrogen (secondary N) is 3. The number of piperidine rings is 2. The molecule has 0 saturated carbocycles. The Morgan fingerprint density at radius 1 is 1.10 bits per heavy atom. The van der Waals surface area contributed by atoms with Crippen LogP contribution in [0.5, 0.6) is 0 Å². The largest absolute Gasteiger partial charge is 0.342 e. The summed E-state index contributed by atoms with van der Waals surface area (Å²) in [4.78, 5) is 37.8. The first kappa shape index (κ1) is 14.3. The second-order valence-corrected chi connectivity index (χ2v) is 6.59. The van der Waals surface area contributed by atoms with E-state index in [0.29, 0.717) is 25.9 Å². The molecule has 21 heavy (non-hydrogen) atoms. The van der Waals surface area contributed by atoms with E-state index in [1.165, 1.54) is 0 Å². The van der Waals surface area contributed by atoms with Crippen molar-refractivity contribution in [1.29, 1.82) is 0 Å². The highest BCUT2D eigenvalue weighted by molar-refractivity contribution is 6.07. The van der Waals surface area contributed by atoms with Gasteiger partial charge >= 0.3 is 6.03 Å². The Labute approximate surface area is 123 Å². The number of carbonyl (C=O) groups excluding carboxylic acids is 3. The van der Waals surface area contributed by atoms with Gasteiger partial charge in [-0.25, -0.2) is 4.79 Å². The Bertz CT molecular complexity index is 477. The Hall–Kier alpha value is -1.63. The van der Waals surface area contributed by atoms with Gasteiger partial charge in [0.05, 0.1) is 0 Å². The van der Waals surface area contributed by atoms with Crippen LogP contribution in [0, 0.1) is 5.41 Å². The molecule has 0 aliphatic carbocycles. The molecular weight excluding hydrogens is 272 g/mol. The summed E-state index contributed by atoms with van der Waals surface area (Å²) in [5, 5.41) is 8.29. The molecule has 1 spiro atoms. The third kappa shape index (κ3) is 2.39. The van der Waals surface area contributed by atoms with Crippen molar-refractivity contribution in [2.75, 3.05) is 26.2 Å². The number of imide groups is 1. The summed E-state index contributed by atoms with van der Waals surface area (Å²) < 4.78 is 0. The molecule has 4 amide bonds. The van der Waals surface area contributed by atoms with Crippen LogP contribution < -0.4 is 16.0 Å². The molecule has 0 radical (unpaired) electrons. The number of hydrogen-bond donors (Lipinski definition) is 3. The second-order valence-electron chi connectivity index (χ2n) is 6.59. The molecule has 0 aromatic carbocycles. The normalized spacial score (nSPS) is 27.4. The molecule has 3 saturated heterocycles. The van der Waals surface area contributed by atoms with Crippen LogP contribution in [0.15, 0.2) is 0 Å². The maximum Gasteiger partial charge on any atom is 0.322 e. The minimum absolute atomic E-state index is 0.184. The SMILES string of the molecule is CC1(C(=O)N2CCC3(CC2)NC(=O)NC3=O)CCNCC1. The molecule has 116 valence electrons. The minimum atomic E-state index is -0.803. The van der Waals surface area contributed by atoms with Gasteiger partial charge in [0, 0.05) is 18.5 Å². The summed E-state index contributed by atoms with van der Waals surface area (Å²) in [6.45, 7) is 4.83. The summed E-state index contributed by atoms with van der Waals surface area (Å²) >= 11 is 0. The highest BCUT2D eigenvalue weighted by atomic mass is 16.2. The molecule has 3 aliphatic rings. The lowest BCUT2D eigenvalue weighted by atomic mass is 9.78. The van der Waals surface area contributed by atoms with Crippen LogP contribution >= 0.6 is 0 Å². The molecule has 7 heteroatoms. The van der Waals surface area contributed by atoms with Crippen molar-refractivity contribution < 1.29 is 14.4 Å². The van der Waals surface area contributed by atoms with Crippen LogP contribution in [0.25, 0.3) is 0 Å². The van der Waals surface area contributed by atoms with Crippen LogP contribution in [-0.2, 0) is 9.59 Å². The summed E-state index contributed by atoms with van der Waals surface area (Å²) in [6.07, 6.45) is 2.69. The van der Waals surface area contributed by atoms with E-state index in [2.05, 4.69) is 16.0 Å². The molecule has 0 aromatic heterocycles. The van der Waals surface area contributed by atoms with Gasteiger partial charge in [-0.1, -0.05) is 6.92 Å². The second kappa shape index (κ2) is 4.98. The zero-order valence-electron chi connectivity index (χ0n) is 12.3. The number of amides is 4. The lowest BCUT2D eigenvalue weighted by Gasteiger charge is -2.42. The lowest BCUT2D eigenvalue weighted by Crippen LogP contribution is -2.58. The molecule has 0 aromatic rings. The topological polar surface area (TPSA) is 90.5 Å². The molecule has 3 heterocycles. The first-order chi connectivity index (χ1) is 9.95. The van der Waals surface area contributed by atoms with Crippen LogP contribution in [0.1, 0.15) is 32.6 Å². The average Bonchev–Trinajstić information content (AvgIpc) is 2.74. The van der Waals surface area contributed by atoms with Gasteiger partial charge in [0.1, 0.15) is 5.54 Å². The number of nitrogens with zero attached hydrogens (tertiary/aromatic N) is 1. The van der Waals surface area contributed by atoms with Crippen molar-refractivity contribution in [2.45, 2.75) is 38.1 Å². The predicted octanol–water partition coefficient (Wildman–Crippen LogP) is -0.423. The van der Waals surface area contributed by atoms with Crippen molar-refractivity contribution in [3.63, 3.8) is 0 Å². The van der Waals surface area contributed by atoms with Crippen molar-refractivity contribution in [3.05, 3.63) is 0 Å². The standard InChI is InChI=1S/C14H22N4O3/c1-13(2-6-15-7-3-13)11(20)18-8-4-14(5-9-18)10(19)16-12(21)17-14/h15H,2-9H2,1H3,(H2,16,17,19,21). The van der Waals surface area contributed by atoms with Gasteiger partial charge in [-0.15, -0.1) is 0 Å². The van der Waals surface area contributed by atoms with Gasteiger partial charge in [-0.3, -0.25) is 14.9 Å². The zero-order valence-corrected chi connectivity index (χ0v) is 12.3. The zero-order chi connectivity index (χ0) is 15.1. The van der Waals surface area contributed by atoms with E-state index in [4.69, 9.17) is 0 Å². The highest BCUT2D eigenvalue weighted by Crippen LogP contribution is 2.33. The molecule has 0 unspecified atom stereocenters. The summed E-state index contributed by atoms with van der Waals surface area (Å²) in [6, 6.07) is -0.426. The Balaban J connectivity index is 1.64. The van der Waals surface area contributed by atoms with Crippen molar-refractivity contribution >= 4 is 17.8 Å². The summed E-state index contributed by atoms with van der Waals surface area (Å²) in [7, 11) is 0. The van der Waals surface area contributed by atoms with E-state index >= 15 is 0 Å². The van der Waals surface area contributed by atoms with Crippen LogP contribution in [0.4, 0.5) is 4.79 Å². The van der Waals surface area contributed by atoms with Gasteiger partial charge in [0.15, 0.2) is 0 Å². The van der Waals surface area contributed by atoms with Crippen molar-refractivity contribution in [3.8, 4) is 0 Å². The summed E-state index contributed by atoms with van der Waals surface area (Å²) in [5.41, 5.74) is -1.10. The minimum Gasteiger partial charge on any atom is -0.342 e. The molecule has 3 N–H and O–H groups in total. The van der Waals surface area contributed by atoms with Gasteiger partial charge in [0.25, 0.3) is 5.91 Å². The van der Waals surface area contributed by atoms with E-state index in [1.54, 1.807) is 0 Å². The van der Waals surface area contributed by atoms with Gasteiger partial charge in [-0.05, 0) is 38.8 Å². The molecule has 3 aliphatic heterocycles. The van der Waals surface area contributed by atoms with E-state index in [1.807, 2.05) is 11.8 Å². The number of hydrogen-bond acceptors (Lipinski definition) is 4. The van der Waals surface area contributed by atoms with Crippen molar-refractivity contribution in [1.82, 2.24) is 20.9 Å².